The van der Waals surface area contributed by atoms with Gasteiger partial charge in [0.15, 0.2) is 11.5 Å². The molecule has 0 saturated carbocycles. The first-order chi connectivity index (χ1) is 9.67. The number of ether oxygens (including phenoxy) is 2. The van der Waals surface area contributed by atoms with Gasteiger partial charge in [-0.1, -0.05) is 6.92 Å². The average molecular weight is 278 g/mol. The Kier molecular flexibility index (Phi) is 3.72. The maximum atomic E-state index is 10.1. The smallest absolute Gasteiger partial charge is 0.231 e. The molecule has 1 aromatic carbocycles. The summed E-state index contributed by atoms with van der Waals surface area (Å²) in [5, 5.41) is 10.1. The Morgan fingerprint density at radius 1 is 1.25 bits per heavy atom. The first-order valence-corrected chi connectivity index (χ1v) is 7.21. The summed E-state index contributed by atoms with van der Waals surface area (Å²) in [6.45, 7) is 6.37. The normalized spacial score (nSPS) is 23.2. The van der Waals surface area contributed by atoms with Gasteiger partial charge in [0.25, 0.3) is 0 Å². The van der Waals surface area contributed by atoms with E-state index in [2.05, 4.69) is 23.8 Å². The van der Waals surface area contributed by atoms with Gasteiger partial charge in [-0.25, -0.2) is 0 Å². The van der Waals surface area contributed by atoms with Crippen molar-refractivity contribution in [3.05, 3.63) is 17.7 Å². The van der Waals surface area contributed by atoms with E-state index in [0.29, 0.717) is 17.5 Å². The molecule has 0 spiro atoms. The van der Waals surface area contributed by atoms with Gasteiger partial charge in [0.05, 0.1) is 0 Å². The molecule has 0 bridgehead atoms. The largest absolute Gasteiger partial charge is 0.507 e. The molecule has 1 aromatic rings. The zero-order chi connectivity index (χ0) is 14.1. The molecule has 3 rings (SSSR count). The molecule has 1 atom stereocenters. The van der Waals surface area contributed by atoms with Crippen molar-refractivity contribution < 1.29 is 14.6 Å². The minimum absolute atomic E-state index is 0.241. The van der Waals surface area contributed by atoms with Crippen molar-refractivity contribution >= 4 is 0 Å². The highest BCUT2D eigenvalue weighted by Crippen LogP contribution is 2.38. The number of hydrogen-bond donors (Lipinski definition) is 1. The van der Waals surface area contributed by atoms with E-state index in [1.165, 1.54) is 0 Å². The van der Waals surface area contributed by atoms with Crippen LogP contribution in [0.2, 0.25) is 0 Å². The van der Waals surface area contributed by atoms with Crippen LogP contribution in [0.25, 0.3) is 0 Å². The standard InChI is InChI=1S/C15H22N2O3/c1-3-12-9-17(5-4-16(12)2)8-11-6-14-15(7-13(11)18)20-10-19-14/h6-7,12,18H,3-5,8-10H2,1-2H3. The molecular weight excluding hydrogens is 256 g/mol. The van der Waals surface area contributed by atoms with Crippen LogP contribution in [-0.4, -0.2) is 54.4 Å². The number of phenols is 1. The first kappa shape index (κ1) is 13.5. The number of nitrogens with zero attached hydrogens (tertiary/aromatic N) is 2. The van der Waals surface area contributed by atoms with Crippen molar-refractivity contribution in [1.29, 1.82) is 0 Å². The van der Waals surface area contributed by atoms with Crippen LogP contribution >= 0.6 is 0 Å². The van der Waals surface area contributed by atoms with Gasteiger partial charge in [-0.3, -0.25) is 4.90 Å². The highest BCUT2D eigenvalue weighted by molar-refractivity contribution is 5.51. The van der Waals surface area contributed by atoms with Crippen LogP contribution in [0.1, 0.15) is 18.9 Å². The Hall–Kier alpha value is -1.46. The molecule has 5 nitrogen and oxygen atoms in total. The fourth-order valence-corrected chi connectivity index (χ4v) is 2.94. The van der Waals surface area contributed by atoms with Crippen molar-refractivity contribution in [3.63, 3.8) is 0 Å². The summed E-state index contributed by atoms with van der Waals surface area (Å²) < 4.78 is 10.7. The van der Waals surface area contributed by atoms with Gasteiger partial charge in [-0.2, -0.15) is 0 Å². The lowest BCUT2D eigenvalue weighted by molar-refractivity contribution is 0.0878. The fourth-order valence-electron chi connectivity index (χ4n) is 2.94. The van der Waals surface area contributed by atoms with Crippen LogP contribution < -0.4 is 9.47 Å². The maximum Gasteiger partial charge on any atom is 0.231 e. The summed E-state index contributed by atoms with van der Waals surface area (Å²) in [5.74, 6) is 1.66. The summed E-state index contributed by atoms with van der Waals surface area (Å²) in [5.41, 5.74) is 0.911. The molecule has 0 radical (unpaired) electrons. The minimum atomic E-state index is 0.241. The fraction of sp³-hybridized carbons (Fsp3) is 0.600. The van der Waals surface area contributed by atoms with Crippen LogP contribution in [0.5, 0.6) is 17.2 Å². The number of fused-ring (bicyclic) bond motifs is 1. The summed E-state index contributed by atoms with van der Waals surface area (Å²) >= 11 is 0. The Morgan fingerprint density at radius 3 is 2.75 bits per heavy atom. The Bertz CT molecular complexity index is 492. The maximum absolute atomic E-state index is 10.1. The number of rotatable bonds is 3. The third kappa shape index (κ3) is 2.55. The van der Waals surface area contributed by atoms with E-state index >= 15 is 0 Å². The molecule has 0 aliphatic carbocycles. The van der Waals surface area contributed by atoms with E-state index in [4.69, 9.17) is 9.47 Å². The van der Waals surface area contributed by atoms with Crippen molar-refractivity contribution in [2.75, 3.05) is 33.5 Å². The van der Waals surface area contributed by atoms with Crippen LogP contribution in [0.3, 0.4) is 0 Å². The highest BCUT2D eigenvalue weighted by atomic mass is 16.7. The number of benzene rings is 1. The predicted octanol–water partition coefficient (Wildman–Crippen LogP) is 1.65. The van der Waals surface area contributed by atoms with Gasteiger partial charge >= 0.3 is 0 Å². The quantitative estimate of drug-likeness (QED) is 0.911. The van der Waals surface area contributed by atoms with Crippen LogP contribution in [0, 0.1) is 0 Å². The van der Waals surface area contributed by atoms with Gasteiger partial charge in [-0.15, -0.1) is 0 Å². The van der Waals surface area contributed by atoms with E-state index in [9.17, 15) is 5.11 Å². The van der Waals surface area contributed by atoms with Crippen molar-refractivity contribution in [2.45, 2.75) is 25.9 Å². The summed E-state index contributed by atoms with van der Waals surface area (Å²) in [6.07, 6.45) is 1.15. The van der Waals surface area contributed by atoms with Crippen molar-refractivity contribution in [2.24, 2.45) is 0 Å². The van der Waals surface area contributed by atoms with Crippen molar-refractivity contribution in [1.82, 2.24) is 9.80 Å². The van der Waals surface area contributed by atoms with Gasteiger partial charge in [0.1, 0.15) is 5.75 Å². The number of likely N-dealkylation sites (N-methyl/N-ethyl adjacent to an activating group) is 1. The third-order valence-electron chi connectivity index (χ3n) is 4.30. The monoisotopic (exact) mass is 278 g/mol. The van der Waals surface area contributed by atoms with Crippen LogP contribution in [0.15, 0.2) is 12.1 Å². The number of hydrogen-bond acceptors (Lipinski definition) is 5. The highest BCUT2D eigenvalue weighted by Gasteiger charge is 2.24. The van der Waals surface area contributed by atoms with E-state index in [0.717, 1.165) is 43.9 Å². The lowest BCUT2D eigenvalue weighted by Crippen LogP contribution is -2.50. The molecule has 20 heavy (non-hydrogen) atoms. The zero-order valence-electron chi connectivity index (χ0n) is 12.1. The summed E-state index contributed by atoms with van der Waals surface area (Å²) in [6, 6.07) is 4.15. The summed E-state index contributed by atoms with van der Waals surface area (Å²) in [7, 11) is 2.18. The molecule has 0 aromatic heterocycles. The molecule has 0 amide bonds. The molecule has 1 fully saturated rings. The molecular formula is C15H22N2O3. The van der Waals surface area contributed by atoms with E-state index in [-0.39, 0.29) is 6.79 Å². The average Bonchev–Trinajstić information content (AvgIpc) is 2.88. The molecule has 2 aliphatic rings. The molecule has 1 N–H and O–H groups in total. The number of aromatic hydroxyl groups is 1. The zero-order valence-corrected chi connectivity index (χ0v) is 12.1. The number of phenolic OH excluding ortho intramolecular Hbond substituents is 1. The minimum Gasteiger partial charge on any atom is -0.507 e. The van der Waals surface area contributed by atoms with Crippen LogP contribution in [0.4, 0.5) is 0 Å². The van der Waals surface area contributed by atoms with Gasteiger partial charge < -0.3 is 19.5 Å². The summed E-state index contributed by atoms with van der Waals surface area (Å²) in [4.78, 5) is 4.81. The molecule has 5 heteroatoms. The SMILES string of the molecule is CCC1CN(Cc2cc3c(cc2O)OCO3)CCN1C. The molecule has 1 unspecified atom stereocenters. The van der Waals surface area contributed by atoms with Gasteiger partial charge in [0.2, 0.25) is 6.79 Å². The molecule has 1 saturated heterocycles. The Labute approximate surface area is 119 Å². The lowest BCUT2D eigenvalue weighted by atomic mass is 10.1. The third-order valence-corrected chi connectivity index (χ3v) is 4.30. The molecule has 2 aliphatic heterocycles. The Morgan fingerprint density at radius 2 is 2.00 bits per heavy atom. The second-order valence-corrected chi connectivity index (χ2v) is 5.61. The van der Waals surface area contributed by atoms with E-state index in [1.807, 2.05) is 6.07 Å². The topological polar surface area (TPSA) is 45.2 Å². The molecule has 110 valence electrons. The molecule has 2 heterocycles. The second-order valence-electron chi connectivity index (χ2n) is 5.61. The first-order valence-electron chi connectivity index (χ1n) is 7.21. The van der Waals surface area contributed by atoms with Gasteiger partial charge in [-0.05, 0) is 19.5 Å². The van der Waals surface area contributed by atoms with Gasteiger partial charge in [0, 0.05) is 43.9 Å². The second kappa shape index (κ2) is 5.50. The Balaban J connectivity index is 1.72. The van der Waals surface area contributed by atoms with E-state index in [1.54, 1.807) is 6.07 Å². The number of piperazine rings is 1. The predicted molar refractivity (Wildman–Crippen MR) is 76.2 cm³/mol. The van der Waals surface area contributed by atoms with Crippen LogP contribution in [-0.2, 0) is 6.54 Å². The lowest BCUT2D eigenvalue weighted by Gasteiger charge is -2.39. The van der Waals surface area contributed by atoms with Crippen molar-refractivity contribution in [3.8, 4) is 17.2 Å². The van der Waals surface area contributed by atoms with E-state index < -0.39 is 0 Å².